The molecule has 0 aliphatic rings. The zero-order valence-corrected chi connectivity index (χ0v) is 16.2. The largest absolute Gasteiger partial charge is 0.361 e. The molecule has 0 aliphatic heterocycles. The molecule has 1 heterocycles. The lowest BCUT2D eigenvalue weighted by Gasteiger charge is -2.12. The lowest BCUT2D eigenvalue weighted by Crippen LogP contribution is -2.36. The molecule has 5 heteroatoms. The number of H-pyrrole nitrogens is 1. The second-order valence-electron chi connectivity index (χ2n) is 7.05. The van der Waals surface area contributed by atoms with Crippen molar-refractivity contribution in [3.05, 3.63) is 64.3 Å². The van der Waals surface area contributed by atoms with Gasteiger partial charge in [0.2, 0.25) is 0 Å². The number of fused-ring (bicyclic) bond motifs is 1. The van der Waals surface area contributed by atoms with Gasteiger partial charge in [-0.2, -0.15) is 0 Å². The molecule has 0 saturated heterocycles. The van der Waals surface area contributed by atoms with Crippen molar-refractivity contribution in [1.82, 2.24) is 10.3 Å². The van der Waals surface area contributed by atoms with Crippen molar-refractivity contribution in [2.75, 3.05) is 11.9 Å². The van der Waals surface area contributed by atoms with E-state index in [1.807, 2.05) is 51.2 Å². The number of carbonyl (C=O) groups is 2. The van der Waals surface area contributed by atoms with Gasteiger partial charge in [0.15, 0.2) is 0 Å². The first-order chi connectivity index (χ1) is 12.9. The Balaban J connectivity index is 1.60. The summed E-state index contributed by atoms with van der Waals surface area (Å²) < 4.78 is 0. The number of benzene rings is 2. The third-order valence-corrected chi connectivity index (χ3v) is 4.80. The summed E-state index contributed by atoms with van der Waals surface area (Å²) in [5.41, 5.74) is 7.13. The summed E-state index contributed by atoms with van der Waals surface area (Å²) in [5, 5.41) is 6.62. The molecule has 2 amide bonds. The number of rotatable bonds is 4. The summed E-state index contributed by atoms with van der Waals surface area (Å²) in [6.45, 7) is 8.32. The van der Waals surface area contributed by atoms with Gasteiger partial charge in [-0.25, -0.2) is 0 Å². The molecule has 5 nitrogen and oxygen atoms in total. The second kappa shape index (κ2) is 7.66. The van der Waals surface area contributed by atoms with Crippen molar-refractivity contribution in [2.24, 2.45) is 0 Å². The van der Waals surface area contributed by atoms with Crippen molar-refractivity contribution < 1.29 is 9.59 Å². The summed E-state index contributed by atoms with van der Waals surface area (Å²) in [6.07, 6.45) is 2.62. The van der Waals surface area contributed by atoms with Crippen LogP contribution >= 0.6 is 0 Å². The fourth-order valence-electron chi connectivity index (χ4n) is 3.59. The van der Waals surface area contributed by atoms with Crippen LogP contribution in [0.15, 0.2) is 36.5 Å². The fraction of sp³-hybridized carbons (Fsp3) is 0.273. The molecule has 3 rings (SSSR count). The number of anilines is 1. The van der Waals surface area contributed by atoms with Crippen LogP contribution in [0.2, 0.25) is 0 Å². The molecular formula is C22H25N3O2. The van der Waals surface area contributed by atoms with Gasteiger partial charge < -0.3 is 15.6 Å². The van der Waals surface area contributed by atoms with Crippen molar-refractivity contribution >= 4 is 28.4 Å². The van der Waals surface area contributed by atoms with Gasteiger partial charge in [-0.1, -0.05) is 29.8 Å². The van der Waals surface area contributed by atoms with E-state index in [9.17, 15) is 9.59 Å². The fourth-order valence-corrected chi connectivity index (χ4v) is 3.59. The van der Waals surface area contributed by atoms with Crippen LogP contribution in [0.5, 0.6) is 0 Å². The normalized spacial score (nSPS) is 10.8. The molecular weight excluding hydrogens is 338 g/mol. The Hall–Kier alpha value is -3.08. The summed E-state index contributed by atoms with van der Waals surface area (Å²) in [6, 6.07) is 10.1. The van der Waals surface area contributed by atoms with E-state index in [-0.39, 0.29) is 0 Å². The van der Waals surface area contributed by atoms with Crippen molar-refractivity contribution in [3.8, 4) is 0 Å². The number of amides is 2. The van der Waals surface area contributed by atoms with Gasteiger partial charge in [-0.3, -0.25) is 9.59 Å². The third kappa shape index (κ3) is 4.03. The molecule has 0 aliphatic carbocycles. The molecule has 0 spiro atoms. The average Bonchev–Trinajstić information content (AvgIpc) is 3.02. The molecule has 0 radical (unpaired) electrons. The van der Waals surface area contributed by atoms with Gasteiger partial charge in [-0.15, -0.1) is 0 Å². The first-order valence-electron chi connectivity index (χ1n) is 9.09. The highest BCUT2D eigenvalue weighted by atomic mass is 16.2. The monoisotopic (exact) mass is 363 g/mol. The molecule has 0 fully saturated rings. The van der Waals surface area contributed by atoms with E-state index in [2.05, 4.69) is 28.6 Å². The predicted octanol–water partition coefficient (Wildman–Crippen LogP) is 3.70. The topological polar surface area (TPSA) is 74.0 Å². The zero-order valence-electron chi connectivity index (χ0n) is 16.2. The van der Waals surface area contributed by atoms with Crippen LogP contribution in [0.4, 0.5) is 5.69 Å². The predicted molar refractivity (Wildman–Crippen MR) is 109 cm³/mol. The number of aromatic nitrogens is 1. The smallest absolute Gasteiger partial charge is 0.313 e. The number of aryl methyl sites for hydroxylation is 4. The van der Waals surface area contributed by atoms with Crippen molar-refractivity contribution in [1.29, 1.82) is 0 Å². The highest BCUT2D eigenvalue weighted by Gasteiger charge is 2.16. The van der Waals surface area contributed by atoms with E-state index >= 15 is 0 Å². The van der Waals surface area contributed by atoms with E-state index in [1.54, 1.807) is 0 Å². The van der Waals surface area contributed by atoms with Crippen molar-refractivity contribution in [3.63, 3.8) is 0 Å². The van der Waals surface area contributed by atoms with Crippen LogP contribution in [0.1, 0.15) is 27.8 Å². The van der Waals surface area contributed by atoms with Crippen molar-refractivity contribution in [2.45, 2.75) is 34.1 Å². The molecule has 0 atom stereocenters. The maximum absolute atomic E-state index is 12.2. The lowest BCUT2D eigenvalue weighted by molar-refractivity contribution is -0.136. The Labute approximate surface area is 159 Å². The maximum atomic E-state index is 12.2. The molecule has 2 aromatic carbocycles. The Morgan fingerprint density at radius 3 is 2.37 bits per heavy atom. The molecule has 0 bridgehead atoms. The molecule has 27 heavy (non-hydrogen) atoms. The number of hydrogen-bond donors (Lipinski definition) is 3. The number of nitrogens with one attached hydrogen (secondary N) is 3. The Morgan fingerprint density at radius 2 is 1.67 bits per heavy atom. The summed E-state index contributed by atoms with van der Waals surface area (Å²) >= 11 is 0. The van der Waals surface area contributed by atoms with Crippen LogP contribution in [0, 0.1) is 27.7 Å². The van der Waals surface area contributed by atoms with Gasteiger partial charge in [0.05, 0.1) is 0 Å². The van der Waals surface area contributed by atoms with Gasteiger partial charge in [-0.05, 0) is 62.4 Å². The second-order valence-corrected chi connectivity index (χ2v) is 7.05. The van der Waals surface area contributed by atoms with E-state index < -0.39 is 11.8 Å². The minimum Gasteiger partial charge on any atom is -0.361 e. The maximum Gasteiger partial charge on any atom is 0.313 e. The molecule has 0 saturated carbocycles. The third-order valence-electron chi connectivity index (χ3n) is 4.80. The highest BCUT2D eigenvalue weighted by Crippen LogP contribution is 2.23. The zero-order chi connectivity index (χ0) is 19.6. The minimum atomic E-state index is -0.639. The van der Waals surface area contributed by atoms with Gasteiger partial charge in [0, 0.05) is 29.3 Å². The van der Waals surface area contributed by atoms with E-state index in [1.165, 1.54) is 10.9 Å². The van der Waals surface area contributed by atoms with E-state index in [0.717, 1.165) is 27.8 Å². The first-order valence-corrected chi connectivity index (χ1v) is 9.09. The molecule has 3 aromatic rings. The van der Waals surface area contributed by atoms with Crippen LogP contribution < -0.4 is 10.6 Å². The SMILES string of the molecule is Cc1cc(C)c(NC(=O)C(=O)NCCc2c[nH]c3cccc(C)c23)c(C)c1. The standard InChI is InChI=1S/C22H25N3O2/c1-13-10-15(3)20(16(4)11-13)25-22(27)21(26)23-9-8-17-12-24-18-7-5-6-14(2)19(17)18/h5-7,10-12,24H,8-9H2,1-4H3,(H,23,26)(H,25,27). The molecule has 3 N–H and O–H groups in total. The van der Waals surface area contributed by atoms with Gasteiger partial charge >= 0.3 is 11.8 Å². The van der Waals surface area contributed by atoms with Crippen LogP contribution in [0.25, 0.3) is 10.9 Å². The molecule has 1 aromatic heterocycles. The Kier molecular flexibility index (Phi) is 5.31. The number of aromatic amines is 1. The van der Waals surface area contributed by atoms with Gasteiger partial charge in [0.25, 0.3) is 0 Å². The molecule has 140 valence electrons. The summed E-state index contributed by atoms with van der Waals surface area (Å²) in [5.74, 6) is -1.26. The summed E-state index contributed by atoms with van der Waals surface area (Å²) in [4.78, 5) is 27.6. The Morgan fingerprint density at radius 1 is 0.963 bits per heavy atom. The van der Waals surface area contributed by atoms with Crippen LogP contribution in [0.3, 0.4) is 0 Å². The number of carbonyl (C=O) groups excluding carboxylic acids is 2. The summed E-state index contributed by atoms with van der Waals surface area (Å²) in [7, 11) is 0. The first kappa shape index (κ1) is 18.7. The quantitative estimate of drug-likeness (QED) is 0.618. The van der Waals surface area contributed by atoms with E-state index in [0.29, 0.717) is 18.7 Å². The highest BCUT2D eigenvalue weighted by molar-refractivity contribution is 6.39. The Bertz CT molecular complexity index is 995. The van der Waals surface area contributed by atoms with Crippen LogP contribution in [-0.2, 0) is 16.0 Å². The lowest BCUT2D eigenvalue weighted by atomic mass is 10.1. The minimum absolute atomic E-state index is 0.402. The molecule has 0 unspecified atom stereocenters. The number of hydrogen-bond acceptors (Lipinski definition) is 2. The van der Waals surface area contributed by atoms with Crippen LogP contribution in [-0.4, -0.2) is 23.3 Å². The van der Waals surface area contributed by atoms with E-state index in [4.69, 9.17) is 0 Å². The van der Waals surface area contributed by atoms with Gasteiger partial charge in [0.1, 0.15) is 0 Å². The average molecular weight is 363 g/mol.